The number of hydrogen-bond acceptors (Lipinski definition) is 8. The van der Waals surface area contributed by atoms with Gasteiger partial charge in [0.15, 0.2) is 31.4 Å². The molecule has 1 aliphatic heterocycles. The van der Waals surface area contributed by atoms with Crippen molar-refractivity contribution in [3.63, 3.8) is 0 Å². The van der Waals surface area contributed by atoms with E-state index in [2.05, 4.69) is 73.1 Å². The number of imidazole rings is 1. The van der Waals surface area contributed by atoms with Crippen LogP contribution < -0.4 is 10.5 Å². The lowest BCUT2D eigenvalue weighted by atomic mass is 9.80. The zero-order valence-corrected chi connectivity index (χ0v) is 28.6. The highest BCUT2D eigenvalue weighted by Gasteiger charge is 2.48. The highest BCUT2D eigenvalue weighted by Crippen LogP contribution is 2.46. The zero-order chi connectivity index (χ0) is 33.4. The van der Waals surface area contributed by atoms with Crippen LogP contribution in [0.25, 0.3) is 11.2 Å². The minimum absolute atomic E-state index is 0.0270. The molecule has 6 rings (SSSR count). The molecule has 0 amide bonds. The molecule has 0 saturated carbocycles. The Hall–Kier alpha value is -4.16. The normalized spacial score (nSPS) is 17.8. The van der Waals surface area contributed by atoms with E-state index in [0.717, 1.165) is 22.4 Å². The highest BCUT2D eigenvalue weighted by atomic mass is 28.4. The topological polar surface area (TPSA) is 107 Å². The summed E-state index contributed by atoms with van der Waals surface area (Å²) in [4.78, 5) is 12.0. The number of benzene rings is 3. The fourth-order valence-corrected chi connectivity index (χ4v) is 7.07. The van der Waals surface area contributed by atoms with Crippen molar-refractivity contribution >= 4 is 25.3 Å². The molecule has 9 nitrogen and oxygen atoms in total. The van der Waals surface area contributed by atoms with Crippen LogP contribution in [0.1, 0.15) is 50.1 Å². The van der Waals surface area contributed by atoms with Crippen LogP contribution in [0.3, 0.4) is 0 Å². The van der Waals surface area contributed by atoms with Gasteiger partial charge in [-0.3, -0.25) is 4.57 Å². The van der Waals surface area contributed by atoms with Gasteiger partial charge in [0.1, 0.15) is 17.6 Å². The molecule has 3 aromatic carbocycles. The Kier molecular flexibility index (Phi) is 8.92. The van der Waals surface area contributed by atoms with Crippen LogP contribution in [0, 0.1) is 12.2 Å². The molecular formula is C36H41FN5O4Si. The molecule has 0 aliphatic carbocycles. The molecule has 0 spiro atoms. The first-order chi connectivity index (χ1) is 22.4. The molecule has 1 aliphatic rings. The van der Waals surface area contributed by atoms with Crippen LogP contribution in [0.2, 0.25) is 18.1 Å². The zero-order valence-electron chi connectivity index (χ0n) is 27.6. The quantitative estimate of drug-likeness (QED) is 0.0943. The van der Waals surface area contributed by atoms with Crippen molar-refractivity contribution in [1.29, 1.82) is 0 Å². The van der Waals surface area contributed by atoms with Gasteiger partial charge in [-0.15, -0.1) is 0 Å². The van der Waals surface area contributed by atoms with Gasteiger partial charge in [-0.05, 0) is 47.0 Å². The molecule has 3 heterocycles. The molecule has 0 unspecified atom stereocenters. The van der Waals surface area contributed by atoms with Gasteiger partial charge >= 0.3 is 6.08 Å². The third kappa shape index (κ3) is 6.28. The second-order valence-corrected chi connectivity index (χ2v) is 18.0. The molecule has 0 bridgehead atoms. The van der Waals surface area contributed by atoms with E-state index >= 15 is 0 Å². The number of halogens is 1. The third-order valence-electron chi connectivity index (χ3n) is 9.32. The van der Waals surface area contributed by atoms with Crippen LogP contribution in [-0.4, -0.2) is 47.7 Å². The fraction of sp³-hybridized carbons (Fsp3) is 0.333. The van der Waals surface area contributed by atoms with E-state index < -0.39 is 32.3 Å². The molecule has 11 heteroatoms. The number of aromatic nitrogens is 4. The first-order valence-corrected chi connectivity index (χ1v) is 18.6. The number of anilines is 1. The van der Waals surface area contributed by atoms with Gasteiger partial charge in [-0.2, -0.15) is 14.4 Å². The van der Waals surface area contributed by atoms with Gasteiger partial charge in [0.25, 0.3) is 0 Å². The lowest BCUT2D eigenvalue weighted by Gasteiger charge is -2.40. The Labute approximate surface area is 276 Å². The van der Waals surface area contributed by atoms with E-state index in [0.29, 0.717) is 18.0 Å². The van der Waals surface area contributed by atoms with Gasteiger partial charge < -0.3 is 24.4 Å². The predicted octanol–water partition coefficient (Wildman–Crippen LogP) is 7.41. The number of ether oxygens (including phenoxy) is 3. The second-order valence-electron chi connectivity index (χ2n) is 13.3. The summed E-state index contributed by atoms with van der Waals surface area (Å²) >= 11 is 0. The average molecular weight is 655 g/mol. The van der Waals surface area contributed by atoms with E-state index in [1.165, 1.54) is 0 Å². The molecule has 5 aromatic rings. The number of nitrogen functional groups attached to an aromatic ring is 1. The number of rotatable bonds is 10. The number of fused-ring (bicyclic) bond motifs is 1. The monoisotopic (exact) mass is 654 g/mol. The Balaban J connectivity index is 1.42. The van der Waals surface area contributed by atoms with E-state index in [1.807, 2.05) is 60.7 Å². The minimum atomic E-state index is -2.28. The second kappa shape index (κ2) is 12.8. The highest BCUT2D eigenvalue weighted by molar-refractivity contribution is 6.74. The van der Waals surface area contributed by atoms with Gasteiger partial charge in [0.05, 0.1) is 26.1 Å². The van der Waals surface area contributed by atoms with E-state index in [1.54, 1.807) is 18.0 Å². The van der Waals surface area contributed by atoms with Crippen molar-refractivity contribution in [2.45, 2.75) is 63.3 Å². The largest absolute Gasteiger partial charge is 0.497 e. The van der Waals surface area contributed by atoms with E-state index in [4.69, 9.17) is 24.4 Å². The summed E-state index contributed by atoms with van der Waals surface area (Å²) in [5.41, 5.74) is 8.38. The van der Waals surface area contributed by atoms with Crippen molar-refractivity contribution in [1.82, 2.24) is 19.5 Å². The smallest absolute Gasteiger partial charge is 0.312 e. The molecule has 2 N–H and O–H groups in total. The number of methoxy groups -OCH3 is 1. The van der Waals surface area contributed by atoms with Crippen LogP contribution in [0.15, 0.2) is 91.3 Å². The SMILES string of the molecule is COc1ccc(C(OC[C]2O[C@@H](n3cnc4c(N)nc(F)nc43)C[C@@H]2O[Si](C)(C)C(C)(C)C)(c2ccccc2)c2ccccc2)cc1. The Bertz CT molecular complexity index is 1770. The summed E-state index contributed by atoms with van der Waals surface area (Å²) in [5, 5.41) is -0.0511. The lowest BCUT2D eigenvalue weighted by molar-refractivity contribution is -0.0413. The summed E-state index contributed by atoms with van der Waals surface area (Å²) < 4.78 is 42.3. The summed E-state index contributed by atoms with van der Waals surface area (Å²) in [6, 6.07) is 28.2. The summed E-state index contributed by atoms with van der Waals surface area (Å²) in [6.45, 7) is 11.1. The van der Waals surface area contributed by atoms with Crippen LogP contribution >= 0.6 is 0 Å². The van der Waals surface area contributed by atoms with Gasteiger partial charge in [-0.1, -0.05) is 93.6 Å². The number of hydrogen-bond donors (Lipinski definition) is 1. The predicted molar refractivity (Wildman–Crippen MR) is 181 cm³/mol. The van der Waals surface area contributed by atoms with Crippen molar-refractivity contribution < 1.29 is 23.0 Å². The summed E-state index contributed by atoms with van der Waals surface area (Å²) in [7, 11) is -0.625. The first-order valence-electron chi connectivity index (χ1n) is 15.7. The Morgan fingerprint density at radius 3 is 2.09 bits per heavy atom. The number of nitrogens with zero attached hydrogens (tertiary/aromatic N) is 4. The van der Waals surface area contributed by atoms with Gasteiger partial charge in [-0.25, -0.2) is 4.98 Å². The number of nitrogens with two attached hydrogens (primary N) is 1. The maximum absolute atomic E-state index is 14.3. The van der Waals surface area contributed by atoms with Crippen molar-refractivity contribution in [2.24, 2.45) is 0 Å². The third-order valence-corrected chi connectivity index (χ3v) is 13.8. The molecule has 47 heavy (non-hydrogen) atoms. The molecule has 2 aromatic heterocycles. The van der Waals surface area contributed by atoms with Crippen molar-refractivity contribution in [3.8, 4) is 5.75 Å². The maximum atomic E-state index is 14.3. The first kappa shape index (κ1) is 32.8. The van der Waals surface area contributed by atoms with E-state index in [-0.39, 0.29) is 23.1 Å². The molecule has 1 radical (unpaired) electrons. The van der Waals surface area contributed by atoms with Crippen LogP contribution in [0.5, 0.6) is 5.75 Å². The maximum Gasteiger partial charge on any atom is 0.312 e. The molecule has 1 fully saturated rings. The molecule has 245 valence electrons. The average Bonchev–Trinajstić information content (AvgIpc) is 3.66. The van der Waals surface area contributed by atoms with Crippen molar-refractivity contribution in [2.75, 3.05) is 19.5 Å². The Morgan fingerprint density at radius 2 is 1.51 bits per heavy atom. The van der Waals surface area contributed by atoms with Crippen LogP contribution in [0.4, 0.5) is 10.2 Å². The Morgan fingerprint density at radius 1 is 0.915 bits per heavy atom. The van der Waals surface area contributed by atoms with Gasteiger partial charge in [0, 0.05) is 6.42 Å². The lowest BCUT2D eigenvalue weighted by Crippen LogP contribution is -2.45. The van der Waals surface area contributed by atoms with E-state index in [9.17, 15) is 4.39 Å². The minimum Gasteiger partial charge on any atom is -0.497 e. The molecule has 1 saturated heterocycles. The fourth-order valence-electron chi connectivity index (χ4n) is 5.78. The van der Waals surface area contributed by atoms with Gasteiger partial charge in [0.2, 0.25) is 0 Å². The summed E-state index contributed by atoms with van der Waals surface area (Å²) in [6.07, 6.45) is 0.741. The summed E-state index contributed by atoms with van der Waals surface area (Å²) in [5.74, 6) is 0.720. The van der Waals surface area contributed by atoms with Crippen LogP contribution in [-0.2, 0) is 19.5 Å². The molecule has 2 atom stereocenters. The molecular weight excluding hydrogens is 614 g/mol. The standard InChI is InChI=1S/C36H41FN5O4Si/c1-35(2,3)47(5,6)46-28-21-30(42-23-39-31-32(38)40-34(37)41-33(31)42)45-29(28)22-44-36(24-13-9-7-10-14-24,25-15-11-8-12-16-25)26-17-19-27(43-4)20-18-26/h7-20,23,28,30H,21-22H2,1-6H3,(H2,38,40,41)/t28-,30+/m0/s1. The van der Waals surface area contributed by atoms with Crippen molar-refractivity contribution in [3.05, 3.63) is 120 Å².